The Morgan fingerprint density at radius 1 is 1.50 bits per heavy atom. The van der Waals surface area contributed by atoms with Crippen LogP contribution in [0.1, 0.15) is 25.3 Å². The number of carbonyl (C=O) groups excluding carboxylic acids is 1. The highest BCUT2D eigenvalue weighted by Gasteiger charge is 2.24. The van der Waals surface area contributed by atoms with Crippen LogP contribution >= 0.6 is 11.3 Å². The number of aromatic nitrogens is 1. The Bertz CT molecular complexity index is 754. The minimum absolute atomic E-state index is 0.140. The van der Waals surface area contributed by atoms with E-state index in [1.807, 2.05) is 17.5 Å². The van der Waals surface area contributed by atoms with Gasteiger partial charge in [-0.05, 0) is 49.4 Å². The largest absolute Gasteiger partial charge is 0.493 e. The third kappa shape index (κ3) is 3.44. The molecule has 1 unspecified atom stereocenters. The summed E-state index contributed by atoms with van der Waals surface area (Å²) >= 11 is 1.43. The van der Waals surface area contributed by atoms with E-state index in [0.717, 1.165) is 30.0 Å². The Kier molecular flexibility index (Phi) is 4.24. The predicted molar refractivity (Wildman–Crippen MR) is 93.5 cm³/mol. The molecule has 0 radical (unpaired) electrons. The van der Waals surface area contributed by atoms with Crippen LogP contribution in [0.3, 0.4) is 0 Å². The minimum Gasteiger partial charge on any atom is -0.493 e. The van der Waals surface area contributed by atoms with Crippen molar-refractivity contribution in [2.75, 3.05) is 18.5 Å². The van der Waals surface area contributed by atoms with E-state index in [4.69, 9.17) is 9.47 Å². The molecule has 2 aromatic rings. The van der Waals surface area contributed by atoms with Gasteiger partial charge in [0.05, 0.1) is 18.9 Å². The molecule has 0 saturated heterocycles. The summed E-state index contributed by atoms with van der Waals surface area (Å²) in [6, 6.07) is 6.11. The maximum Gasteiger partial charge on any atom is 0.254 e. The second-order valence-electron chi connectivity index (χ2n) is 6.37. The van der Waals surface area contributed by atoms with Crippen molar-refractivity contribution in [3.63, 3.8) is 0 Å². The van der Waals surface area contributed by atoms with Gasteiger partial charge in [0.2, 0.25) is 0 Å². The Balaban J connectivity index is 1.39. The van der Waals surface area contributed by atoms with E-state index in [-0.39, 0.29) is 5.91 Å². The second-order valence-corrected chi connectivity index (χ2v) is 7.23. The van der Waals surface area contributed by atoms with Gasteiger partial charge >= 0.3 is 0 Å². The third-order valence-electron chi connectivity index (χ3n) is 4.37. The fraction of sp³-hybridized carbons (Fsp3) is 0.444. The number of nitrogens with zero attached hydrogens (tertiary/aromatic N) is 1. The lowest BCUT2D eigenvalue weighted by molar-refractivity contribution is -0.126. The van der Waals surface area contributed by atoms with E-state index in [0.29, 0.717) is 17.7 Å². The first kappa shape index (κ1) is 15.6. The van der Waals surface area contributed by atoms with Crippen LogP contribution in [0.15, 0.2) is 23.6 Å². The molecule has 24 heavy (non-hydrogen) atoms. The van der Waals surface area contributed by atoms with E-state index < -0.39 is 6.10 Å². The molecule has 5 nitrogen and oxygen atoms in total. The van der Waals surface area contributed by atoms with Crippen molar-refractivity contribution in [1.82, 2.24) is 4.98 Å². The van der Waals surface area contributed by atoms with Gasteiger partial charge in [0.25, 0.3) is 5.91 Å². The van der Waals surface area contributed by atoms with Crippen LogP contribution < -0.4 is 10.1 Å². The molecule has 0 spiro atoms. The Labute approximate surface area is 145 Å². The molecule has 1 aromatic carbocycles. The SMILES string of the molecule is CC(OCC1CC1)C(=O)Nc1nc(-c2ccc3c(c2)CCO3)cs1. The maximum absolute atomic E-state index is 12.2. The van der Waals surface area contributed by atoms with Crippen molar-refractivity contribution in [2.24, 2.45) is 5.92 Å². The molecule has 1 aromatic heterocycles. The van der Waals surface area contributed by atoms with Crippen LogP contribution in [0.5, 0.6) is 5.75 Å². The number of rotatable bonds is 6. The summed E-state index contributed by atoms with van der Waals surface area (Å²) in [6.07, 6.45) is 2.92. The number of amides is 1. The van der Waals surface area contributed by atoms with Crippen LogP contribution in [0.4, 0.5) is 5.13 Å². The number of ether oxygens (including phenoxy) is 2. The van der Waals surface area contributed by atoms with E-state index >= 15 is 0 Å². The lowest BCUT2D eigenvalue weighted by atomic mass is 10.1. The Morgan fingerprint density at radius 3 is 3.21 bits per heavy atom. The van der Waals surface area contributed by atoms with Crippen molar-refractivity contribution < 1.29 is 14.3 Å². The summed E-state index contributed by atoms with van der Waals surface area (Å²) in [6.45, 7) is 3.21. The van der Waals surface area contributed by atoms with Gasteiger partial charge < -0.3 is 9.47 Å². The number of anilines is 1. The molecular weight excluding hydrogens is 324 g/mol. The molecule has 6 heteroatoms. The number of hydrogen-bond donors (Lipinski definition) is 1. The van der Waals surface area contributed by atoms with Gasteiger partial charge in [0, 0.05) is 17.4 Å². The van der Waals surface area contributed by atoms with Gasteiger partial charge in [0.15, 0.2) is 5.13 Å². The summed E-state index contributed by atoms with van der Waals surface area (Å²) in [4.78, 5) is 16.7. The fourth-order valence-electron chi connectivity index (χ4n) is 2.66. The zero-order valence-electron chi connectivity index (χ0n) is 13.6. The van der Waals surface area contributed by atoms with Crippen LogP contribution in [0, 0.1) is 5.92 Å². The molecule has 126 valence electrons. The second kappa shape index (κ2) is 6.53. The number of hydrogen-bond acceptors (Lipinski definition) is 5. The molecule has 1 atom stereocenters. The summed E-state index contributed by atoms with van der Waals surface area (Å²) < 4.78 is 11.1. The zero-order valence-corrected chi connectivity index (χ0v) is 14.4. The first-order valence-electron chi connectivity index (χ1n) is 8.33. The monoisotopic (exact) mass is 344 g/mol. The molecule has 2 heterocycles. The summed E-state index contributed by atoms with van der Waals surface area (Å²) in [5.74, 6) is 1.47. The number of carbonyl (C=O) groups is 1. The average Bonchev–Trinajstić information content (AvgIpc) is 3.10. The van der Waals surface area contributed by atoms with Gasteiger partial charge in [-0.25, -0.2) is 4.98 Å². The molecule has 1 aliphatic heterocycles. The molecule has 0 bridgehead atoms. The van der Waals surface area contributed by atoms with E-state index in [2.05, 4.69) is 16.4 Å². The molecule has 4 rings (SSSR count). The van der Waals surface area contributed by atoms with Crippen molar-refractivity contribution in [2.45, 2.75) is 32.3 Å². The summed E-state index contributed by atoms with van der Waals surface area (Å²) in [5, 5.41) is 5.41. The maximum atomic E-state index is 12.2. The number of benzene rings is 1. The standard InChI is InChI=1S/C18H20N2O3S/c1-11(23-9-12-2-3-12)17(21)20-18-19-15(10-24-18)13-4-5-16-14(8-13)6-7-22-16/h4-5,8,10-12H,2-3,6-7,9H2,1H3,(H,19,20,21). The highest BCUT2D eigenvalue weighted by molar-refractivity contribution is 7.14. The van der Waals surface area contributed by atoms with Crippen molar-refractivity contribution in [1.29, 1.82) is 0 Å². The molecule has 1 amide bonds. The van der Waals surface area contributed by atoms with Crippen molar-refractivity contribution in [3.8, 4) is 17.0 Å². The summed E-state index contributed by atoms with van der Waals surface area (Å²) in [7, 11) is 0. The minimum atomic E-state index is -0.449. The zero-order chi connectivity index (χ0) is 16.5. The fourth-order valence-corrected chi connectivity index (χ4v) is 3.38. The van der Waals surface area contributed by atoms with Crippen LogP contribution in [-0.4, -0.2) is 30.2 Å². The third-order valence-corrected chi connectivity index (χ3v) is 5.13. The van der Waals surface area contributed by atoms with Gasteiger partial charge in [-0.2, -0.15) is 0 Å². The molecule has 2 aliphatic rings. The van der Waals surface area contributed by atoms with Crippen LogP contribution in [0.2, 0.25) is 0 Å². The average molecular weight is 344 g/mol. The summed E-state index contributed by atoms with van der Waals surface area (Å²) in [5.41, 5.74) is 3.14. The van der Waals surface area contributed by atoms with E-state index in [1.54, 1.807) is 6.92 Å². The highest BCUT2D eigenvalue weighted by atomic mass is 32.1. The number of nitrogens with one attached hydrogen (secondary N) is 1. The topological polar surface area (TPSA) is 60.5 Å². The lowest BCUT2D eigenvalue weighted by Gasteiger charge is -2.11. The molecule has 1 fully saturated rings. The molecule has 1 N–H and O–H groups in total. The van der Waals surface area contributed by atoms with Crippen molar-refractivity contribution >= 4 is 22.4 Å². The first-order chi connectivity index (χ1) is 11.7. The number of thiazole rings is 1. The van der Waals surface area contributed by atoms with Gasteiger partial charge in [0.1, 0.15) is 11.9 Å². The highest BCUT2D eigenvalue weighted by Crippen LogP contribution is 2.32. The normalized spacial score (nSPS) is 17.2. The van der Waals surface area contributed by atoms with Gasteiger partial charge in [-0.3, -0.25) is 10.1 Å². The lowest BCUT2D eigenvalue weighted by Crippen LogP contribution is -2.28. The van der Waals surface area contributed by atoms with E-state index in [1.165, 1.54) is 29.7 Å². The molecular formula is C18H20N2O3S. The van der Waals surface area contributed by atoms with E-state index in [9.17, 15) is 4.79 Å². The quantitative estimate of drug-likeness (QED) is 0.871. The van der Waals surface area contributed by atoms with Crippen LogP contribution in [-0.2, 0) is 16.0 Å². The smallest absolute Gasteiger partial charge is 0.254 e. The van der Waals surface area contributed by atoms with Gasteiger partial charge in [-0.15, -0.1) is 11.3 Å². The Hall–Kier alpha value is -1.92. The van der Waals surface area contributed by atoms with Crippen molar-refractivity contribution in [3.05, 3.63) is 29.1 Å². The predicted octanol–water partition coefficient (Wildman–Crippen LogP) is 3.50. The molecule has 1 saturated carbocycles. The molecule has 1 aliphatic carbocycles. The van der Waals surface area contributed by atoms with Gasteiger partial charge in [-0.1, -0.05) is 0 Å². The van der Waals surface area contributed by atoms with Crippen LogP contribution in [0.25, 0.3) is 11.3 Å². The number of fused-ring (bicyclic) bond motifs is 1. The first-order valence-corrected chi connectivity index (χ1v) is 9.21. The Morgan fingerprint density at radius 2 is 2.38 bits per heavy atom.